The third-order valence-corrected chi connectivity index (χ3v) is 4.71. The Kier molecular flexibility index (Phi) is 4.76. The summed E-state index contributed by atoms with van der Waals surface area (Å²) in [6.45, 7) is 4.04. The van der Waals surface area contributed by atoms with Crippen LogP contribution in [-0.4, -0.2) is 36.7 Å². The predicted molar refractivity (Wildman–Crippen MR) is 75.3 cm³/mol. The number of thiophene rings is 1. The van der Waals surface area contributed by atoms with Crippen LogP contribution in [0.15, 0.2) is 15.9 Å². The molecule has 0 radical (unpaired) electrons. The second kappa shape index (κ2) is 6.13. The van der Waals surface area contributed by atoms with Crippen molar-refractivity contribution in [3.63, 3.8) is 0 Å². The topological polar surface area (TPSA) is 62.3 Å². The smallest absolute Gasteiger partial charge is 0.156 e. The molecule has 98 valence electrons. The van der Waals surface area contributed by atoms with Crippen LogP contribution in [0.2, 0.25) is 0 Å². The number of hydrogen-bond acceptors (Lipinski definition) is 5. The lowest BCUT2D eigenvalue weighted by Crippen LogP contribution is -2.48. The van der Waals surface area contributed by atoms with E-state index in [1.807, 2.05) is 13.0 Å². The van der Waals surface area contributed by atoms with Crippen LogP contribution < -0.4 is 5.73 Å². The summed E-state index contributed by atoms with van der Waals surface area (Å²) in [7, 11) is 0. The van der Waals surface area contributed by atoms with E-state index in [4.69, 9.17) is 15.7 Å². The van der Waals surface area contributed by atoms with Gasteiger partial charge in [-0.25, -0.2) is 0 Å². The molecule has 0 aliphatic carbocycles. The van der Waals surface area contributed by atoms with Crippen molar-refractivity contribution in [3.8, 4) is 6.07 Å². The molecule has 4 nitrogen and oxygen atoms in total. The van der Waals surface area contributed by atoms with Gasteiger partial charge < -0.3 is 10.5 Å². The number of halogens is 1. The van der Waals surface area contributed by atoms with Crippen LogP contribution in [0, 0.1) is 11.3 Å². The fourth-order valence-electron chi connectivity index (χ4n) is 2.26. The minimum absolute atomic E-state index is 0.0213. The third kappa shape index (κ3) is 3.11. The van der Waals surface area contributed by atoms with Crippen molar-refractivity contribution in [1.29, 1.82) is 5.26 Å². The molecule has 2 heterocycles. The maximum Gasteiger partial charge on any atom is 0.156 e. The Morgan fingerprint density at radius 3 is 3.00 bits per heavy atom. The molecule has 1 aromatic rings. The van der Waals surface area contributed by atoms with E-state index >= 15 is 0 Å². The van der Waals surface area contributed by atoms with Gasteiger partial charge in [-0.3, -0.25) is 4.90 Å². The minimum Gasteiger partial charge on any atom is -0.361 e. The van der Waals surface area contributed by atoms with Crippen LogP contribution in [0.25, 0.3) is 0 Å². The molecule has 1 saturated heterocycles. The first kappa shape index (κ1) is 14.0. The summed E-state index contributed by atoms with van der Waals surface area (Å²) in [4.78, 5) is 3.48. The number of rotatable bonds is 3. The lowest BCUT2D eigenvalue weighted by Gasteiger charge is -2.37. The van der Waals surface area contributed by atoms with Gasteiger partial charge in [-0.2, -0.15) is 5.26 Å². The van der Waals surface area contributed by atoms with E-state index in [2.05, 4.69) is 33.0 Å². The van der Waals surface area contributed by atoms with Crippen molar-refractivity contribution in [2.24, 2.45) is 5.73 Å². The van der Waals surface area contributed by atoms with E-state index in [0.717, 1.165) is 10.3 Å². The maximum atomic E-state index is 8.97. The Balaban J connectivity index is 2.18. The molecule has 3 unspecified atom stereocenters. The van der Waals surface area contributed by atoms with Gasteiger partial charge in [0.25, 0.3) is 0 Å². The van der Waals surface area contributed by atoms with Crippen molar-refractivity contribution < 1.29 is 4.74 Å². The minimum atomic E-state index is -0.344. The normalized spacial score (nSPS) is 24.4. The third-order valence-electron chi connectivity index (χ3n) is 3.02. The largest absolute Gasteiger partial charge is 0.361 e. The average Bonchev–Trinajstić information content (AvgIpc) is 2.75. The molecule has 18 heavy (non-hydrogen) atoms. The first-order chi connectivity index (χ1) is 8.61. The van der Waals surface area contributed by atoms with Crippen LogP contribution in [-0.2, 0) is 4.74 Å². The molecule has 1 aliphatic rings. The monoisotopic (exact) mass is 329 g/mol. The van der Waals surface area contributed by atoms with Crippen molar-refractivity contribution in [2.75, 3.05) is 19.7 Å². The summed E-state index contributed by atoms with van der Waals surface area (Å²) >= 11 is 5.18. The van der Waals surface area contributed by atoms with Crippen LogP contribution in [0.1, 0.15) is 17.8 Å². The van der Waals surface area contributed by atoms with E-state index < -0.39 is 0 Å². The summed E-state index contributed by atoms with van der Waals surface area (Å²) in [5.41, 5.74) is 6.12. The number of ether oxygens (including phenoxy) is 1. The van der Waals surface area contributed by atoms with E-state index in [1.165, 1.54) is 4.88 Å². The van der Waals surface area contributed by atoms with E-state index in [-0.39, 0.29) is 18.2 Å². The molecule has 1 aromatic heterocycles. The summed E-state index contributed by atoms with van der Waals surface area (Å²) in [5, 5.41) is 8.97. The van der Waals surface area contributed by atoms with Crippen molar-refractivity contribution >= 4 is 27.3 Å². The average molecular weight is 330 g/mol. The lowest BCUT2D eigenvalue weighted by atomic mass is 10.1. The van der Waals surface area contributed by atoms with Gasteiger partial charge in [0.1, 0.15) is 0 Å². The molecule has 1 fully saturated rings. The van der Waals surface area contributed by atoms with E-state index in [1.54, 1.807) is 11.3 Å². The highest BCUT2D eigenvalue weighted by molar-refractivity contribution is 9.11. The molecule has 1 aliphatic heterocycles. The number of nitriles is 1. The molecule has 0 amide bonds. The molecule has 2 N–H and O–H groups in total. The van der Waals surface area contributed by atoms with Crippen molar-refractivity contribution in [1.82, 2.24) is 4.90 Å². The number of hydrogen-bond donors (Lipinski definition) is 1. The summed E-state index contributed by atoms with van der Waals surface area (Å²) in [6, 6.07) is 6.48. The number of nitrogens with zero attached hydrogens (tertiary/aromatic N) is 2. The van der Waals surface area contributed by atoms with Crippen LogP contribution in [0.3, 0.4) is 0 Å². The predicted octanol–water partition coefficient (Wildman–Crippen LogP) is 2.12. The number of nitrogens with two attached hydrogens (primary N) is 1. The van der Waals surface area contributed by atoms with Crippen molar-refractivity contribution in [3.05, 3.63) is 20.8 Å². The Morgan fingerprint density at radius 2 is 2.44 bits per heavy atom. The van der Waals surface area contributed by atoms with E-state index in [0.29, 0.717) is 13.2 Å². The Labute approximate surface area is 119 Å². The molecule has 0 saturated carbocycles. The molecule has 0 aromatic carbocycles. The number of morpholine rings is 1. The standard InChI is InChI=1S/C12H16BrN3OS/c1-8(15)12(10-2-3-11(13)18-10)16-4-5-17-9(6-14)7-16/h2-3,8-9,12H,4-5,7,15H2,1H3. The molecular weight excluding hydrogens is 314 g/mol. The van der Waals surface area contributed by atoms with Gasteiger partial charge in [-0.05, 0) is 35.0 Å². The SMILES string of the molecule is CC(N)C(c1ccc(Br)s1)N1CCOC(C#N)C1. The fourth-order valence-corrected chi connectivity index (χ4v) is 3.93. The second-order valence-corrected chi connectivity index (χ2v) is 6.92. The van der Waals surface area contributed by atoms with E-state index in [9.17, 15) is 0 Å². The van der Waals surface area contributed by atoms with Gasteiger partial charge in [-0.15, -0.1) is 11.3 Å². The van der Waals surface area contributed by atoms with Gasteiger partial charge in [0.05, 0.1) is 22.5 Å². The summed E-state index contributed by atoms with van der Waals surface area (Å²) < 4.78 is 6.48. The Bertz CT molecular complexity index is 443. The van der Waals surface area contributed by atoms with Gasteiger partial charge in [0.15, 0.2) is 6.10 Å². The summed E-state index contributed by atoms with van der Waals surface area (Å²) in [6.07, 6.45) is -0.344. The molecule has 0 bridgehead atoms. The fraction of sp³-hybridized carbons (Fsp3) is 0.583. The van der Waals surface area contributed by atoms with Gasteiger partial charge >= 0.3 is 0 Å². The van der Waals surface area contributed by atoms with Gasteiger partial charge in [0, 0.05) is 24.0 Å². The van der Waals surface area contributed by atoms with Crippen LogP contribution >= 0.6 is 27.3 Å². The zero-order valence-electron chi connectivity index (χ0n) is 10.2. The van der Waals surface area contributed by atoms with Crippen LogP contribution in [0.4, 0.5) is 0 Å². The lowest BCUT2D eigenvalue weighted by molar-refractivity contribution is -0.0204. The zero-order chi connectivity index (χ0) is 13.1. The highest BCUT2D eigenvalue weighted by Crippen LogP contribution is 2.33. The van der Waals surface area contributed by atoms with Crippen molar-refractivity contribution in [2.45, 2.75) is 25.1 Å². The highest BCUT2D eigenvalue weighted by Gasteiger charge is 2.30. The second-order valence-electron chi connectivity index (χ2n) is 4.43. The molecule has 6 heteroatoms. The van der Waals surface area contributed by atoms with Crippen LogP contribution in [0.5, 0.6) is 0 Å². The quantitative estimate of drug-likeness (QED) is 0.922. The maximum absolute atomic E-state index is 8.97. The molecule has 3 atom stereocenters. The highest BCUT2D eigenvalue weighted by atomic mass is 79.9. The molecular formula is C12H16BrN3OS. The Morgan fingerprint density at radius 1 is 1.67 bits per heavy atom. The van der Waals surface area contributed by atoms with Gasteiger partial charge in [0.2, 0.25) is 0 Å². The summed E-state index contributed by atoms with van der Waals surface area (Å²) in [5.74, 6) is 0. The first-order valence-electron chi connectivity index (χ1n) is 5.88. The Hall–Kier alpha value is -0.450. The molecule has 0 spiro atoms. The van der Waals surface area contributed by atoms with Gasteiger partial charge in [-0.1, -0.05) is 0 Å². The first-order valence-corrected chi connectivity index (χ1v) is 7.49. The zero-order valence-corrected chi connectivity index (χ0v) is 12.6. The molecule has 2 rings (SSSR count).